The molecular weight excluding hydrogens is 464 g/mol. The van der Waals surface area contributed by atoms with Crippen LogP contribution in [0, 0.1) is 6.92 Å². The van der Waals surface area contributed by atoms with Crippen molar-refractivity contribution in [2.24, 2.45) is 0 Å². The van der Waals surface area contributed by atoms with Crippen LogP contribution in [0.4, 0.5) is 0 Å². The molecule has 1 aromatic rings. The highest BCUT2D eigenvalue weighted by Crippen LogP contribution is 2.14. The summed E-state index contributed by atoms with van der Waals surface area (Å²) < 4.78 is 4.57. The Morgan fingerprint density at radius 1 is 1.19 bits per heavy atom. The number of likely N-dealkylation sites (tertiary alicyclic amines) is 1. The fraction of sp³-hybridized carbons (Fsp3) is 0.500. The molecule has 0 aromatic heterocycles. The predicted molar refractivity (Wildman–Crippen MR) is 140 cm³/mol. The van der Waals surface area contributed by atoms with Crippen LogP contribution in [0.25, 0.3) is 0 Å². The smallest absolute Gasteiger partial charge is 0.328 e. The van der Waals surface area contributed by atoms with Crippen LogP contribution in [-0.2, 0) is 28.7 Å². The van der Waals surface area contributed by atoms with Gasteiger partial charge in [-0.05, 0) is 59.9 Å². The van der Waals surface area contributed by atoms with Crippen LogP contribution in [0.5, 0.6) is 0 Å². The van der Waals surface area contributed by atoms with Gasteiger partial charge in [-0.3, -0.25) is 19.3 Å². The first-order valence-electron chi connectivity index (χ1n) is 11.7. The number of benzene rings is 1. The van der Waals surface area contributed by atoms with Gasteiger partial charge in [0.15, 0.2) is 0 Å². The van der Waals surface area contributed by atoms with Crippen LogP contribution in [-0.4, -0.2) is 88.7 Å². The van der Waals surface area contributed by atoms with Gasteiger partial charge in [-0.25, -0.2) is 4.79 Å². The minimum absolute atomic E-state index is 0.138. The molecule has 10 heteroatoms. The minimum atomic E-state index is -0.881. The van der Waals surface area contributed by atoms with Gasteiger partial charge in [-0.2, -0.15) is 0 Å². The van der Waals surface area contributed by atoms with E-state index in [1.54, 1.807) is 0 Å². The second kappa shape index (κ2) is 23.4. The molecule has 0 bridgehead atoms. The summed E-state index contributed by atoms with van der Waals surface area (Å²) in [5.41, 5.74) is 1.32. The Kier molecular flexibility index (Phi) is 22.6. The number of aldehydes is 2. The molecule has 2 rings (SSSR count). The van der Waals surface area contributed by atoms with Crippen LogP contribution in [0.3, 0.4) is 0 Å². The number of esters is 1. The molecule has 1 aromatic carbocycles. The molecule has 1 heterocycles. The van der Waals surface area contributed by atoms with E-state index >= 15 is 0 Å². The van der Waals surface area contributed by atoms with Crippen LogP contribution in [0.2, 0.25) is 0 Å². The van der Waals surface area contributed by atoms with Crippen molar-refractivity contribution < 1.29 is 28.7 Å². The van der Waals surface area contributed by atoms with Crippen molar-refractivity contribution in [2.75, 3.05) is 41.3 Å². The second-order valence-electron chi connectivity index (χ2n) is 7.77. The average Bonchev–Trinajstić information content (AvgIpc) is 3.32. The molecule has 0 aliphatic carbocycles. The number of methoxy groups -OCH3 is 1. The highest BCUT2D eigenvalue weighted by atomic mass is 16.5. The Morgan fingerprint density at radius 3 is 2.17 bits per heavy atom. The summed E-state index contributed by atoms with van der Waals surface area (Å²) in [4.78, 5) is 56.6. The number of nitrogens with zero attached hydrogens (tertiary/aromatic N) is 1. The van der Waals surface area contributed by atoms with Gasteiger partial charge in [0.25, 0.3) is 0 Å². The summed E-state index contributed by atoms with van der Waals surface area (Å²) in [6.45, 7) is 5.85. The monoisotopic (exact) mass is 506 g/mol. The van der Waals surface area contributed by atoms with Crippen LogP contribution in [0.1, 0.15) is 31.2 Å². The Balaban J connectivity index is 0. The molecule has 1 saturated heterocycles. The minimum Gasteiger partial charge on any atom is -0.467 e. The zero-order chi connectivity index (χ0) is 27.8. The second-order valence-corrected chi connectivity index (χ2v) is 7.77. The number of hydrogen-bond donors (Lipinski definition) is 3. The van der Waals surface area contributed by atoms with Gasteiger partial charge in [0.1, 0.15) is 18.6 Å². The molecule has 1 aliphatic heterocycles. The molecule has 2 atom stereocenters. The number of ether oxygens (including phenoxy) is 1. The van der Waals surface area contributed by atoms with E-state index < -0.39 is 17.9 Å². The van der Waals surface area contributed by atoms with E-state index in [-0.39, 0.29) is 31.3 Å². The Morgan fingerprint density at radius 2 is 1.78 bits per heavy atom. The lowest BCUT2D eigenvalue weighted by atomic mass is 10.1. The molecule has 0 spiro atoms. The van der Waals surface area contributed by atoms with E-state index in [1.165, 1.54) is 18.7 Å². The highest BCUT2D eigenvalue weighted by molar-refractivity contribution is 5.89. The van der Waals surface area contributed by atoms with Gasteiger partial charge in [-0.15, -0.1) is 0 Å². The van der Waals surface area contributed by atoms with E-state index in [0.29, 0.717) is 12.6 Å². The average molecular weight is 507 g/mol. The van der Waals surface area contributed by atoms with Gasteiger partial charge < -0.3 is 25.5 Å². The lowest BCUT2D eigenvalue weighted by molar-refractivity contribution is -0.145. The van der Waals surface area contributed by atoms with Crippen molar-refractivity contribution >= 4 is 30.4 Å². The number of likely N-dealkylation sites (N-methyl/N-ethyl adjacent to an activating group) is 1. The normalized spacial score (nSPS) is 14.5. The molecule has 3 N–H and O–H groups in total. The summed E-state index contributed by atoms with van der Waals surface area (Å²) in [6, 6.07) is 9.17. The molecule has 10 nitrogen and oxygen atoms in total. The van der Waals surface area contributed by atoms with Crippen molar-refractivity contribution in [3.05, 3.63) is 48.6 Å². The zero-order valence-electron chi connectivity index (χ0n) is 22.1. The number of rotatable bonds is 9. The zero-order valence-corrected chi connectivity index (χ0v) is 22.1. The van der Waals surface area contributed by atoms with Gasteiger partial charge in [-0.1, -0.05) is 42.5 Å². The molecular formula is C26H42N4O6. The lowest BCUT2D eigenvalue weighted by Crippen LogP contribution is -2.48. The number of nitrogens with one attached hydrogen (secondary N) is 3. The fourth-order valence-electron chi connectivity index (χ4n) is 2.93. The summed E-state index contributed by atoms with van der Waals surface area (Å²) in [7, 11) is 6.82. The molecule has 2 unspecified atom stereocenters. The lowest BCUT2D eigenvalue weighted by Gasteiger charge is -2.19. The topological polar surface area (TPSA) is 134 Å². The molecule has 2 amide bonds. The fourth-order valence-corrected chi connectivity index (χ4v) is 2.93. The molecule has 1 aliphatic rings. The number of allylic oxidation sites excluding steroid dienone is 1. The first-order chi connectivity index (χ1) is 17.2. The van der Waals surface area contributed by atoms with Crippen molar-refractivity contribution in [2.45, 2.75) is 44.7 Å². The number of hydrogen-bond acceptors (Lipinski definition) is 8. The quantitative estimate of drug-likeness (QED) is 0.257. The number of amides is 2. The molecule has 0 saturated carbocycles. The summed E-state index contributed by atoms with van der Waals surface area (Å²) >= 11 is 0. The van der Waals surface area contributed by atoms with Crippen molar-refractivity contribution in [1.82, 2.24) is 20.9 Å². The third-order valence-electron chi connectivity index (χ3n) is 4.68. The van der Waals surface area contributed by atoms with E-state index in [0.717, 1.165) is 19.4 Å². The van der Waals surface area contributed by atoms with Gasteiger partial charge in [0, 0.05) is 6.42 Å². The summed E-state index contributed by atoms with van der Waals surface area (Å²) in [5.74, 6) is -1.30. The molecule has 202 valence electrons. The maximum atomic E-state index is 11.9. The van der Waals surface area contributed by atoms with Crippen molar-refractivity contribution in [3.63, 3.8) is 0 Å². The number of carbonyl (C=O) groups is 5. The Hall–Kier alpha value is -3.37. The van der Waals surface area contributed by atoms with Gasteiger partial charge in [0.2, 0.25) is 11.8 Å². The van der Waals surface area contributed by atoms with Gasteiger partial charge in [0.05, 0.1) is 19.7 Å². The molecule has 36 heavy (non-hydrogen) atoms. The van der Waals surface area contributed by atoms with Crippen molar-refractivity contribution in [1.29, 1.82) is 0 Å². The van der Waals surface area contributed by atoms with Crippen LogP contribution < -0.4 is 16.0 Å². The Bertz CT molecular complexity index is 767. The number of carbonyl (C=O) groups excluding carboxylic acids is 5. The number of aryl methyl sites for hydroxylation is 1. The van der Waals surface area contributed by atoms with E-state index in [4.69, 9.17) is 4.79 Å². The van der Waals surface area contributed by atoms with Crippen molar-refractivity contribution in [3.8, 4) is 0 Å². The molecule has 0 radical (unpaired) electrons. The summed E-state index contributed by atoms with van der Waals surface area (Å²) in [6.07, 6.45) is 4.53. The third-order valence-corrected chi connectivity index (χ3v) is 4.68. The Labute approximate surface area is 214 Å². The first kappa shape index (κ1) is 34.8. The SMILES string of the molecule is C=CC=O.CNC.COC(=O)C(CCC=O)NC(=O)CNC(=O)C1CCCN1C.Cc1ccccc1. The van der Waals surface area contributed by atoms with Crippen LogP contribution in [0.15, 0.2) is 43.0 Å². The standard InChI is InChI=1S/C14H23N3O5.C7H8.C3H4O.C2H7N/c1-17-7-3-6-11(17)13(20)15-9-12(19)16-10(5-4-8-18)14(21)22-2;1-7-5-3-2-4-6-7;1-2-3-4;1-3-2/h8,10-11H,3-7,9H2,1-2H3,(H,15,20)(H,16,19);2-6H,1H3;2-3H,1H2;3H,1-2H3. The largest absolute Gasteiger partial charge is 0.467 e. The van der Waals surface area contributed by atoms with Gasteiger partial charge >= 0.3 is 5.97 Å². The summed E-state index contributed by atoms with van der Waals surface area (Å²) in [5, 5.41) is 7.77. The highest BCUT2D eigenvalue weighted by Gasteiger charge is 2.28. The van der Waals surface area contributed by atoms with E-state index in [2.05, 4.69) is 46.3 Å². The first-order valence-corrected chi connectivity index (χ1v) is 11.7. The maximum Gasteiger partial charge on any atom is 0.328 e. The maximum absolute atomic E-state index is 11.9. The van der Waals surface area contributed by atoms with E-state index in [9.17, 15) is 19.2 Å². The predicted octanol–water partition coefficient (Wildman–Crippen LogP) is 1.04. The third kappa shape index (κ3) is 18.0. The van der Waals surface area contributed by atoms with Crippen LogP contribution >= 0.6 is 0 Å². The molecule has 1 fully saturated rings. The van der Waals surface area contributed by atoms with E-state index in [1.807, 2.05) is 44.2 Å².